The summed E-state index contributed by atoms with van der Waals surface area (Å²) >= 11 is 1.87. The lowest BCUT2D eigenvalue weighted by molar-refractivity contribution is 0.0893. The first-order valence-corrected chi connectivity index (χ1v) is 8.54. The Morgan fingerprint density at radius 1 is 1.37 bits per heavy atom. The van der Waals surface area contributed by atoms with Crippen LogP contribution in [0, 0.1) is 11.3 Å². The topological polar surface area (TPSA) is 33.6 Å². The third-order valence-electron chi connectivity index (χ3n) is 4.21. The van der Waals surface area contributed by atoms with Crippen molar-refractivity contribution in [1.29, 1.82) is 0 Å². The molecular weight excluding hydrogens is 256 g/mol. The third-order valence-corrected chi connectivity index (χ3v) is 5.17. The Bertz CT molecular complexity index is 325. The molecule has 2 saturated heterocycles. The van der Waals surface area contributed by atoms with Crippen LogP contribution in [-0.2, 0) is 4.74 Å². The number of hydrogen-bond donors (Lipinski definition) is 1. The van der Waals surface area contributed by atoms with Gasteiger partial charge in [-0.3, -0.25) is 4.99 Å². The molecule has 3 atom stereocenters. The van der Waals surface area contributed by atoms with Gasteiger partial charge in [-0.25, -0.2) is 0 Å². The molecule has 3 nitrogen and oxygen atoms in total. The predicted octanol–water partition coefficient (Wildman–Crippen LogP) is 3.30. The second-order valence-electron chi connectivity index (χ2n) is 6.71. The Labute approximate surface area is 122 Å². The summed E-state index contributed by atoms with van der Waals surface area (Å²) in [4.78, 5) is 4.82. The standard InChI is InChI=1S/C15H28N2OS/c1-5-12-11(6-8-18-12)10-16-14-17-13(7-9-19-14)15(2,3)4/h11-13H,5-10H2,1-4H3,(H,16,17). The molecular formula is C15H28N2OS. The highest BCUT2D eigenvalue weighted by Gasteiger charge is 2.29. The highest BCUT2D eigenvalue weighted by atomic mass is 32.2. The molecule has 0 amide bonds. The van der Waals surface area contributed by atoms with Crippen LogP contribution in [0.15, 0.2) is 4.99 Å². The van der Waals surface area contributed by atoms with Gasteiger partial charge in [0.25, 0.3) is 0 Å². The second-order valence-corrected chi connectivity index (χ2v) is 7.80. The first kappa shape index (κ1) is 15.2. The zero-order valence-electron chi connectivity index (χ0n) is 12.7. The number of ether oxygens (including phenoxy) is 1. The van der Waals surface area contributed by atoms with Crippen molar-refractivity contribution >= 4 is 16.9 Å². The van der Waals surface area contributed by atoms with Gasteiger partial charge in [0.2, 0.25) is 0 Å². The molecule has 1 N–H and O–H groups in total. The van der Waals surface area contributed by atoms with Gasteiger partial charge in [-0.1, -0.05) is 39.5 Å². The molecule has 110 valence electrons. The summed E-state index contributed by atoms with van der Waals surface area (Å²) < 4.78 is 5.73. The van der Waals surface area contributed by atoms with Gasteiger partial charge in [0.05, 0.1) is 6.10 Å². The van der Waals surface area contributed by atoms with Crippen molar-refractivity contribution in [3.8, 4) is 0 Å². The normalized spacial score (nSPS) is 34.5. The fourth-order valence-electron chi connectivity index (χ4n) is 2.83. The largest absolute Gasteiger partial charge is 0.378 e. The van der Waals surface area contributed by atoms with Gasteiger partial charge in [-0.05, 0) is 24.7 Å². The Morgan fingerprint density at radius 3 is 2.84 bits per heavy atom. The van der Waals surface area contributed by atoms with Crippen LogP contribution in [0.4, 0.5) is 0 Å². The highest BCUT2D eigenvalue weighted by Crippen LogP contribution is 2.28. The number of thioether (sulfide) groups is 1. The van der Waals surface area contributed by atoms with E-state index < -0.39 is 0 Å². The van der Waals surface area contributed by atoms with Crippen LogP contribution in [0.5, 0.6) is 0 Å². The molecule has 0 aromatic rings. The second kappa shape index (κ2) is 6.49. The van der Waals surface area contributed by atoms with Crippen molar-refractivity contribution < 1.29 is 4.74 Å². The van der Waals surface area contributed by atoms with Crippen LogP contribution < -0.4 is 5.32 Å². The van der Waals surface area contributed by atoms with E-state index in [2.05, 4.69) is 33.0 Å². The fourth-order valence-corrected chi connectivity index (χ4v) is 3.77. The maximum absolute atomic E-state index is 5.73. The number of nitrogens with zero attached hydrogens (tertiary/aromatic N) is 1. The average molecular weight is 284 g/mol. The van der Waals surface area contributed by atoms with E-state index in [1.165, 1.54) is 18.6 Å². The van der Waals surface area contributed by atoms with Gasteiger partial charge in [0, 0.05) is 30.9 Å². The van der Waals surface area contributed by atoms with Gasteiger partial charge in [0.15, 0.2) is 5.17 Å². The zero-order valence-corrected chi connectivity index (χ0v) is 13.6. The molecule has 0 aromatic heterocycles. The van der Waals surface area contributed by atoms with E-state index in [4.69, 9.17) is 9.73 Å². The van der Waals surface area contributed by atoms with Crippen molar-refractivity contribution in [3.63, 3.8) is 0 Å². The Balaban J connectivity index is 1.88. The van der Waals surface area contributed by atoms with Gasteiger partial charge >= 0.3 is 0 Å². The number of amidine groups is 1. The summed E-state index contributed by atoms with van der Waals surface area (Å²) in [7, 11) is 0. The molecule has 0 radical (unpaired) electrons. The minimum Gasteiger partial charge on any atom is -0.378 e. The van der Waals surface area contributed by atoms with Crippen molar-refractivity contribution in [2.75, 3.05) is 18.9 Å². The number of aliphatic imine (C=N–C) groups is 1. The third kappa shape index (κ3) is 4.12. The molecule has 3 unspecified atom stereocenters. The van der Waals surface area contributed by atoms with Gasteiger partial charge < -0.3 is 10.1 Å². The van der Waals surface area contributed by atoms with Crippen LogP contribution in [-0.4, -0.2) is 36.2 Å². The van der Waals surface area contributed by atoms with E-state index in [0.717, 1.165) is 24.7 Å². The van der Waals surface area contributed by atoms with E-state index in [-0.39, 0.29) is 0 Å². The minimum absolute atomic E-state index is 0.310. The van der Waals surface area contributed by atoms with Crippen molar-refractivity contribution in [2.45, 2.75) is 59.1 Å². The first-order valence-electron chi connectivity index (χ1n) is 7.56. The van der Waals surface area contributed by atoms with E-state index in [9.17, 15) is 0 Å². The van der Waals surface area contributed by atoms with E-state index >= 15 is 0 Å². The molecule has 4 heteroatoms. The first-order chi connectivity index (χ1) is 9.00. The van der Waals surface area contributed by atoms with Crippen molar-refractivity contribution in [3.05, 3.63) is 0 Å². The molecule has 2 aliphatic rings. The Hall–Kier alpha value is -0.220. The lowest BCUT2D eigenvalue weighted by atomic mass is 9.85. The monoisotopic (exact) mass is 284 g/mol. The zero-order chi connectivity index (χ0) is 13.9. The summed E-state index contributed by atoms with van der Waals surface area (Å²) in [6.07, 6.45) is 3.94. The highest BCUT2D eigenvalue weighted by molar-refractivity contribution is 8.13. The molecule has 0 spiro atoms. The molecule has 19 heavy (non-hydrogen) atoms. The number of hydrogen-bond acceptors (Lipinski definition) is 3. The van der Waals surface area contributed by atoms with Crippen LogP contribution in [0.3, 0.4) is 0 Å². The molecule has 0 bridgehead atoms. The fraction of sp³-hybridized carbons (Fsp3) is 0.933. The van der Waals surface area contributed by atoms with Crippen LogP contribution in [0.2, 0.25) is 0 Å². The van der Waals surface area contributed by atoms with Crippen molar-refractivity contribution in [1.82, 2.24) is 5.32 Å². The van der Waals surface area contributed by atoms with Gasteiger partial charge in [-0.2, -0.15) is 0 Å². The van der Waals surface area contributed by atoms with Crippen LogP contribution in [0.1, 0.15) is 47.0 Å². The van der Waals surface area contributed by atoms with Crippen molar-refractivity contribution in [2.24, 2.45) is 16.3 Å². The molecule has 0 aromatic carbocycles. The molecule has 0 saturated carbocycles. The SMILES string of the molecule is CCC1OCCC1CN=C1NC(C(C)(C)C)CCS1. The van der Waals surface area contributed by atoms with Gasteiger partial charge in [-0.15, -0.1) is 0 Å². The van der Waals surface area contributed by atoms with Crippen LogP contribution in [0.25, 0.3) is 0 Å². The van der Waals surface area contributed by atoms with E-state index in [1.807, 2.05) is 11.8 Å². The minimum atomic E-state index is 0.310. The maximum Gasteiger partial charge on any atom is 0.156 e. The summed E-state index contributed by atoms with van der Waals surface area (Å²) in [6, 6.07) is 0.550. The summed E-state index contributed by atoms with van der Waals surface area (Å²) in [5.41, 5.74) is 0.310. The maximum atomic E-state index is 5.73. The summed E-state index contributed by atoms with van der Waals surface area (Å²) in [5, 5.41) is 4.77. The predicted molar refractivity (Wildman–Crippen MR) is 83.9 cm³/mol. The molecule has 2 rings (SSSR count). The number of nitrogens with one attached hydrogen (secondary N) is 1. The van der Waals surface area contributed by atoms with E-state index in [1.54, 1.807) is 0 Å². The Morgan fingerprint density at radius 2 is 2.16 bits per heavy atom. The molecule has 2 fully saturated rings. The summed E-state index contributed by atoms with van der Waals surface area (Å²) in [5.74, 6) is 1.81. The summed E-state index contributed by atoms with van der Waals surface area (Å²) in [6.45, 7) is 11.0. The molecule has 2 aliphatic heterocycles. The quantitative estimate of drug-likeness (QED) is 0.863. The van der Waals surface area contributed by atoms with E-state index in [0.29, 0.717) is 23.5 Å². The number of rotatable bonds is 3. The lowest BCUT2D eigenvalue weighted by Crippen LogP contribution is -2.46. The molecule has 0 aliphatic carbocycles. The average Bonchev–Trinajstić information content (AvgIpc) is 2.83. The lowest BCUT2D eigenvalue weighted by Gasteiger charge is -2.35. The smallest absolute Gasteiger partial charge is 0.156 e. The molecule has 2 heterocycles. The van der Waals surface area contributed by atoms with Gasteiger partial charge in [0.1, 0.15) is 0 Å². The Kier molecular flexibility index (Phi) is 5.18. The van der Waals surface area contributed by atoms with Crippen LogP contribution >= 0.6 is 11.8 Å².